The predicted octanol–water partition coefficient (Wildman–Crippen LogP) is 1.38. The number of nitrogens with zero attached hydrogens (tertiary/aromatic N) is 1. The molecule has 2 rings (SSSR count). The van der Waals surface area contributed by atoms with Gasteiger partial charge in [-0.25, -0.2) is 0 Å². The number of benzene rings is 1. The number of fused-ring (bicyclic) bond motifs is 1. The van der Waals surface area contributed by atoms with Crippen LogP contribution in [0.15, 0.2) is 17.1 Å². The fourth-order valence-electron chi connectivity index (χ4n) is 1.64. The Morgan fingerprint density at radius 3 is 2.94 bits per heavy atom. The molecule has 0 fully saturated rings. The molecule has 0 aromatic heterocycles. The summed E-state index contributed by atoms with van der Waals surface area (Å²) in [6, 6.07) is 3.92. The highest BCUT2D eigenvalue weighted by molar-refractivity contribution is 5.88. The molecule has 1 aromatic rings. The summed E-state index contributed by atoms with van der Waals surface area (Å²) in [5.41, 5.74) is 8.99. The van der Waals surface area contributed by atoms with Gasteiger partial charge in [-0.2, -0.15) is 0 Å². The van der Waals surface area contributed by atoms with Gasteiger partial charge in [-0.05, 0) is 37.1 Å². The molecule has 4 heteroatoms. The Bertz CT molecular complexity index is 433. The second kappa shape index (κ2) is 3.79. The van der Waals surface area contributed by atoms with E-state index >= 15 is 0 Å². The van der Waals surface area contributed by atoms with Gasteiger partial charge in [-0.1, -0.05) is 0 Å². The molecule has 4 N–H and O–H groups in total. The normalized spacial score (nSPS) is 13.9. The Morgan fingerprint density at radius 2 is 2.25 bits per heavy atom. The van der Waals surface area contributed by atoms with Gasteiger partial charge in [-0.3, -0.25) is 4.99 Å². The van der Waals surface area contributed by atoms with E-state index in [-0.39, 0.29) is 0 Å². The van der Waals surface area contributed by atoms with Crippen molar-refractivity contribution < 1.29 is 5.11 Å². The van der Waals surface area contributed by atoms with Gasteiger partial charge in [0.15, 0.2) is 0 Å². The summed E-state index contributed by atoms with van der Waals surface area (Å²) < 4.78 is 0. The zero-order valence-electron chi connectivity index (χ0n) is 9.62. The summed E-state index contributed by atoms with van der Waals surface area (Å²) in [6.07, 6.45) is 1.84. The van der Waals surface area contributed by atoms with Crippen molar-refractivity contribution in [2.24, 2.45) is 4.99 Å². The number of aliphatic imine (C=N–C) groups is 1. The Hall–Kier alpha value is -1.55. The van der Waals surface area contributed by atoms with Gasteiger partial charge >= 0.3 is 0 Å². The van der Waals surface area contributed by atoms with Crippen molar-refractivity contribution in [3.05, 3.63) is 23.3 Å². The van der Waals surface area contributed by atoms with Crippen LogP contribution < -0.4 is 11.1 Å². The quantitative estimate of drug-likeness (QED) is 0.673. The summed E-state index contributed by atoms with van der Waals surface area (Å²) in [5, 5.41) is 12.8. The molecule has 0 spiro atoms. The maximum atomic E-state index is 9.64. The minimum atomic E-state index is -0.748. The number of anilines is 2. The molecule has 16 heavy (non-hydrogen) atoms. The maximum absolute atomic E-state index is 9.64. The highest BCUT2D eigenvalue weighted by atomic mass is 16.3. The molecule has 0 unspecified atom stereocenters. The zero-order valence-corrected chi connectivity index (χ0v) is 9.62. The standard InChI is InChI=1S/C12H17N3O/c1-12(2,16)7-15-11-4-9-6-14-5-8(9)3-10(11)13/h3-5,15-16H,6-7,13H2,1-2H3. The van der Waals surface area contributed by atoms with Crippen LogP contribution in [0.3, 0.4) is 0 Å². The van der Waals surface area contributed by atoms with Crippen LogP contribution in [0.2, 0.25) is 0 Å². The van der Waals surface area contributed by atoms with Crippen LogP contribution in [0.4, 0.5) is 11.4 Å². The van der Waals surface area contributed by atoms with E-state index in [1.165, 1.54) is 5.56 Å². The maximum Gasteiger partial charge on any atom is 0.0763 e. The summed E-state index contributed by atoms with van der Waals surface area (Å²) in [4.78, 5) is 4.18. The Balaban J connectivity index is 2.17. The monoisotopic (exact) mass is 219 g/mol. The number of aliphatic hydroxyl groups is 1. The topological polar surface area (TPSA) is 70.6 Å². The highest BCUT2D eigenvalue weighted by Gasteiger charge is 2.14. The first-order valence-corrected chi connectivity index (χ1v) is 5.34. The molecule has 0 radical (unpaired) electrons. The number of nitrogens with one attached hydrogen (secondary N) is 1. The smallest absolute Gasteiger partial charge is 0.0763 e. The molecule has 0 bridgehead atoms. The van der Waals surface area contributed by atoms with E-state index in [1.807, 2.05) is 18.3 Å². The Labute approximate surface area is 95.2 Å². The fourth-order valence-corrected chi connectivity index (χ4v) is 1.64. The molecule has 1 heterocycles. The van der Waals surface area contributed by atoms with Crippen LogP contribution in [0.1, 0.15) is 25.0 Å². The molecule has 1 aromatic carbocycles. The third-order valence-corrected chi connectivity index (χ3v) is 2.51. The number of nitrogen functional groups attached to an aromatic ring is 1. The lowest BCUT2D eigenvalue weighted by atomic mass is 10.1. The minimum absolute atomic E-state index is 0.469. The summed E-state index contributed by atoms with van der Waals surface area (Å²) in [7, 11) is 0. The van der Waals surface area contributed by atoms with Crippen molar-refractivity contribution in [3.8, 4) is 0 Å². The van der Waals surface area contributed by atoms with Crippen molar-refractivity contribution in [3.63, 3.8) is 0 Å². The molecular formula is C12H17N3O. The minimum Gasteiger partial charge on any atom is -0.397 e. The third kappa shape index (κ3) is 2.33. The molecular weight excluding hydrogens is 202 g/mol. The summed E-state index contributed by atoms with van der Waals surface area (Å²) in [5.74, 6) is 0. The Morgan fingerprint density at radius 1 is 1.50 bits per heavy atom. The van der Waals surface area contributed by atoms with Crippen LogP contribution in [-0.2, 0) is 6.54 Å². The van der Waals surface area contributed by atoms with Gasteiger partial charge in [-0.15, -0.1) is 0 Å². The lowest BCUT2D eigenvalue weighted by Crippen LogP contribution is -2.29. The second-order valence-electron chi connectivity index (χ2n) is 4.77. The predicted molar refractivity (Wildman–Crippen MR) is 66.9 cm³/mol. The number of nitrogens with two attached hydrogens (primary N) is 1. The molecule has 0 atom stereocenters. The fraction of sp³-hybridized carbons (Fsp3) is 0.417. The molecule has 0 amide bonds. The molecule has 86 valence electrons. The van der Waals surface area contributed by atoms with Crippen molar-refractivity contribution in [1.29, 1.82) is 0 Å². The lowest BCUT2D eigenvalue weighted by Gasteiger charge is -2.20. The number of hydrogen-bond donors (Lipinski definition) is 3. The largest absolute Gasteiger partial charge is 0.397 e. The Kier molecular flexibility index (Phi) is 2.59. The van der Waals surface area contributed by atoms with Crippen LogP contribution in [0, 0.1) is 0 Å². The zero-order chi connectivity index (χ0) is 11.8. The van der Waals surface area contributed by atoms with Crippen LogP contribution in [0.5, 0.6) is 0 Å². The molecule has 0 aliphatic carbocycles. The van der Waals surface area contributed by atoms with E-state index in [0.29, 0.717) is 18.8 Å². The van der Waals surface area contributed by atoms with E-state index in [9.17, 15) is 5.11 Å². The second-order valence-corrected chi connectivity index (χ2v) is 4.77. The van der Waals surface area contributed by atoms with E-state index < -0.39 is 5.60 Å². The van der Waals surface area contributed by atoms with E-state index in [0.717, 1.165) is 11.3 Å². The number of hydrogen-bond acceptors (Lipinski definition) is 4. The van der Waals surface area contributed by atoms with E-state index in [2.05, 4.69) is 10.3 Å². The molecule has 1 aliphatic heterocycles. The average Bonchev–Trinajstić information content (AvgIpc) is 2.59. The number of rotatable bonds is 3. The molecule has 1 aliphatic rings. The van der Waals surface area contributed by atoms with Crippen molar-refractivity contribution in [1.82, 2.24) is 0 Å². The lowest BCUT2D eigenvalue weighted by molar-refractivity contribution is 0.0945. The van der Waals surface area contributed by atoms with Crippen LogP contribution in [-0.4, -0.2) is 23.5 Å². The molecule has 0 saturated carbocycles. The van der Waals surface area contributed by atoms with Crippen molar-refractivity contribution in [2.75, 3.05) is 17.6 Å². The first-order chi connectivity index (χ1) is 7.46. The molecule has 0 saturated heterocycles. The SMILES string of the molecule is CC(C)(O)CNc1cc2c(cc1N)C=NC2. The van der Waals surface area contributed by atoms with Crippen molar-refractivity contribution in [2.45, 2.75) is 26.0 Å². The average molecular weight is 219 g/mol. The third-order valence-electron chi connectivity index (χ3n) is 2.51. The van der Waals surface area contributed by atoms with Gasteiger partial charge in [0.25, 0.3) is 0 Å². The summed E-state index contributed by atoms with van der Waals surface area (Å²) >= 11 is 0. The first kappa shape index (κ1) is 11.0. The molecule has 4 nitrogen and oxygen atoms in total. The van der Waals surface area contributed by atoms with Gasteiger partial charge in [0.05, 0.1) is 23.5 Å². The van der Waals surface area contributed by atoms with Gasteiger partial charge in [0.1, 0.15) is 0 Å². The first-order valence-electron chi connectivity index (χ1n) is 5.34. The van der Waals surface area contributed by atoms with Crippen LogP contribution >= 0.6 is 0 Å². The van der Waals surface area contributed by atoms with E-state index in [4.69, 9.17) is 5.73 Å². The summed E-state index contributed by atoms with van der Waals surface area (Å²) in [6.45, 7) is 4.70. The van der Waals surface area contributed by atoms with Crippen molar-refractivity contribution >= 4 is 17.6 Å². The van der Waals surface area contributed by atoms with E-state index in [1.54, 1.807) is 13.8 Å². The van der Waals surface area contributed by atoms with Gasteiger partial charge < -0.3 is 16.2 Å². The highest BCUT2D eigenvalue weighted by Crippen LogP contribution is 2.26. The van der Waals surface area contributed by atoms with Gasteiger partial charge in [0, 0.05) is 12.8 Å². The van der Waals surface area contributed by atoms with Gasteiger partial charge in [0.2, 0.25) is 0 Å². The van der Waals surface area contributed by atoms with Crippen LogP contribution in [0.25, 0.3) is 0 Å².